The van der Waals surface area contributed by atoms with E-state index in [-0.39, 0.29) is 6.04 Å². The van der Waals surface area contributed by atoms with Gasteiger partial charge in [0, 0.05) is 22.8 Å². The fourth-order valence-electron chi connectivity index (χ4n) is 1.71. The Balaban J connectivity index is 2.15. The van der Waals surface area contributed by atoms with Crippen LogP contribution >= 0.6 is 15.9 Å². The van der Waals surface area contributed by atoms with E-state index >= 15 is 0 Å². The van der Waals surface area contributed by atoms with E-state index in [2.05, 4.69) is 33.2 Å². The molecule has 0 amide bonds. The van der Waals surface area contributed by atoms with Gasteiger partial charge in [0.05, 0.1) is 0 Å². The van der Waals surface area contributed by atoms with Gasteiger partial charge in [-0.15, -0.1) is 0 Å². The largest absolute Gasteiger partial charge is 0.439 e. The van der Waals surface area contributed by atoms with Crippen molar-refractivity contribution in [3.05, 3.63) is 52.1 Å². The van der Waals surface area contributed by atoms with Crippen LogP contribution in [-0.4, -0.2) is 12.0 Å². The zero-order valence-corrected chi connectivity index (χ0v) is 12.9. The van der Waals surface area contributed by atoms with Gasteiger partial charge in [-0.2, -0.15) is 0 Å². The molecule has 2 aromatic rings. The van der Waals surface area contributed by atoms with E-state index < -0.39 is 0 Å². The fourth-order valence-corrected chi connectivity index (χ4v) is 2.19. The number of hydrogen-bond acceptors (Lipinski definition) is 3. The molecule has 1 atom stereocenters. The molecule has 1 aromatic heterocycles. The smallest absolute Gasteiger partial charge is 0.219 e. The molecular weight excluding hydrogens is 304 g/mol. The Labute approximate surface area is 122 Å². The van der Waals surface area contributed by atoms with E-state index in [4.69, 9.17) is 4.74 Å². The number of pyridine rings is 1. The van der Waals surface area contributed by atoms with Crippen LogP contribution in [0.3, 0.4) is 0 Å². The minimum absolute atomic E-state index is 0.288. The number of hydrogen-bond donors (Lipinski definition) is 1. The summed E-state index contributed by atoms with van der Waals surface area (Å²) >= 11 is 3.44. The molecule has 0 bridgehead atoms. The SMILES string of the molecule is CNC(C)c1ccc(Oc2ccc(Br)cc2C)nc1. The molecule has 0 saturated carbocycles. The number of ether oxygens (including phenoxy) is 1. The van der Waals surface area contributed by atoms with Gasteiger partial charge in [0.25, 0.3) is 0 Å². The summed E-state index contributed by atoms with van der Waals surface area (Å²) in [6, 6.07) is 10.1. The predicted molar refractivity (Wildman–Crippen MR) is 80.7 cm³/mol. The van der Waals surface area contributed by atoms with Crippen molar-refractivity contribution in [3.63, 3.8) is 0 Å². The van der Waals surface area contributed by atoms with Crippen molar-refractivity contribution >= 4 is 15.9 Å². The molecule has 0 radical (unpaired) electrons. The molecule has 0 aliphatic heterocycles. The summed E-state index contributed by atoms with van der Waals surface area (Å²) in [4.78, 5) is 4.33. The summed E-state index contributed by atoms with van der Waals surface area (Å²) in [7, 11) is 1.93. The molecule has 1 aromatic carbocycles. The summed E-state index contributed by atoms with van der Waals surface area (Å²) in [5.74, 6) is 1.43. The van der Waals surface area contributed by atoms with Crippen molar-refractivity contribution in [2.45, 2.75) is 19.9 Å². The molecule has 0 aliphatic carbocycles. The lowest BCUT2D eigenvalue weighted by Crippen LogP contribution is -2.12. The fraction of sp³-hybridized carbons (Fsp3) is 0.267. The summed E-state index contributed by atoms with van der Waals surface area (Å²) in [5.41, 5.74) is 2.21. The van der Waals surface area contributed by atoms with Gasteiger partial charge in [0.1, 0.15) is 5.75 Å². The second kappa shape index (κ2) is 6.17. The first-order valence-electron chi connectivity index (χ1n) is 6.17. The minimum Gasteiger partial charge on any atom is -0.439 e. The highest BCUT2D eigenvalue weighted by atomic mass is 79.9. The van der Waals surface area contributed by atoms with Crippen LogP contribution in [0.1, 0.15) is 24.1 Å². The normalized spacial score (nSPS) is 12.2. The van der Waals surface area contributed by atoms with Gasteiger partial charge in [-0.05, 0) is 50.2 Å². The van der Waals surface area contributed by atoms with Crippen LogP contribution in [0, 0.1) is 6.92 Å². The van der Waals surface area contributed by atoms with Crippen LogP contribution < -0.4 is 10.1 Å². The second-order valence-electron chi connectivity index (χ2n) is 4.45. The molecule has 1 N–H and O–H groups in total. The van der Waals surface area contributed by atoms with Crippen LogP contribution in [0.4, 0.5) is 0 Å². The van der Waals surface area contributed by atoms with Crippen molar-refractivity contribution < 1.29 is 4.74 Å². The number of benzene rings is 1. The molecule has 0 spiro atoms. The Morgan fingerprint density at radius 2 is 2.05 bits per heavy atom. The molecule has 1 unspecified atom stereocenters. The van der Waals surface area contributed by atoms with Crippen molar-refractivity contribution in [1.29, 1.82) is 0 Å². The lowest BCUT2D eigenvalue weighted by Gasteiger charge is -2.11. The summed E-state index contributed by atoms with van der Waals surface area (Å²) < 4.78 is 6.83. The zero-order chi connectivity index (χ0) is 13.8. The first kappa shape index (κ1) is 14.0. The lowest BCUT2D eigenvalue weighted by molar-refractivity contribution is 0.458. The van der Waals surface area contributed by atoms with Gasteiger partial charge in [-0.3, -0.25) is 0 Å². The third-order valence-electron chi connectivity index (χ3n) is 3.04. The number of nitrogens with zero attached hydrogens (tertiary/aromatic N) is 1. The van der Waals surface area contributed by atoms with Crippen molar-refractivity contribution in [2.24, 2.45) is 0 Å². The Morgan fingerprint density at radius 1 is 1.26 bits per heavy atom. The van der Waals surface area contributed by atoms with E-state index in [1.807, 2.05) is 50.5 Å². The van der Waals surface area contributed by atoms with E-state index in [9.17, 15) is 0 Å². The van der Waals surface area contributed by atoms with Gasteiger partial charge >= 0.3 is 0 Å². The lowest BCUT2D eigenvalue weighted by atomic mass is 10.1. The highest BCUT2D eigenvalue weighted by Gasteiger charge is 2.05. The van der Waals surface area contributed by atoms with Crippen molar-refractivity contribution in [1.82, 2.24) is 10.3 Å². The highest BCUT2D eigenvalue weighted by Crippen LogP contribution is 2.26. The highest BCUT2D eigenvalue weighted by molar-refractivity contribution is 9.10. The summed E-state index contributed by atoms with van der Waals surface area (Å²) in [6.07, 6.45) is 1.84. The first-order chi connectivity index (χ1) is 9.10. The van der Waals surface area contributed by atoms with Crippen LogP contribution in [0.25, 0.3) is 0 Å². The maximum atomic E-state index is 5.78. The quantitative estimate of drug-likeness (QED) is 0.915. The monoisotopic (exact) mass is 320 g/mol. The maximum absolute atomic E-state index is 5.78. The van der Waals surface area contributed by atoms with Crippen molar-refractivity contribution in [3.8, 4) is 11.6 Å². The van der Waals surface area contributed by atoms with E-state index in [0.717, 1.165) is 21.3 Å². The van der Waals surface area contributed by atoms with Gasteiger partial charge < -0.3 is 10.1 Å². The van der Waals surface area contributed by atoms with Crippen LogP contribution in [0.15, 0.2) is 41.0 Å². The number of nitrogens with one attached hydrogen (secondary N) is 1. The summed E-state index contributed by atoms with van der Waals surface area (Å²) in [6.45, 7) is 4.11. The van der Waals surface area contributed by atoms with Crippen LogP contribution in [0.5, 0.6) is 11.6 Å². The predicted octanol–water partition coefficient (Wildman–Crippen LogP) is 4.23. The maximum Gasteiger partial charge on any atom is 0.219 e. The Hall–Kier alpha value is -1.39. The minimum atomic E-state index is 0.288. The molecule has 3 nitrogen and oxygen atoms in total. The average molecular weight is 321 g/mol. The van der Waals surface area contributed by atoms with Gasteiger partial charge in [0.15, 0.2) is 0 Å². The Kier molecular flexibility index (Phi) is 4.56. The molecule has 0 saturated heterocycles. The molecule has 4 heteroatoms. The molecular formula is C15H17BrN2O. The standard InChI is InChI=1S/C15H17BrN2O/c1-10-8-13(16)5-6-14(10)19-15-7-4-12(9-18-15)11(2)17-3/h4-9,11,17H,1-3H3. The average Bonchev–Trinajstić information content (AvgIpc) is 2.42. The number of rotatable bonds is 4. The molecule has 0 fully saturated rings. The molecule has 2 rings (SSSR count). The zero-order valence-electron chi connectivity index (χ0n) is 11.3. The number of aryl methyl sites for hydroxylation is 1. The Bertz CT molecular complexity index is 555. The van der Waals surface area contributed by atoms with Gasteiger partial charge in [-0.1, -0.05) is 22.0 Å². The number of aromatic nitrogens is 1. The van der Waals surface area contributed by atoms with Gasteiger partial charge in [-0.25, -0.2) is 4.98 Å². The second-order valence-corrected chi connectivity index (χ2v) is 5.37. The third-order valence-corrected chi connectivity index (χ3v) is 3.54. The molecule has 0 aliphatic rings. The van der Waals surface area contributed by atoms with E-state index in [1.165, 1.54) is 0 Å². The van der Waals surface area contributed by atoms with Crippen molar-refractivity contribution in [2.75, 3.05) is 7.05 Å². The van der Waals surface area contributed by atoms with Crippen LogP contribution in [0.2, 0.25) is 0 Å². The van der Waals surface area contributed by atoms with Crippen LogP contribution in [-0.2, 0) is 0 Å². The summed E-state index contributed by atoms with van der Waals surface area (Å²) in [5, 5.41) is 3.18. The van der Waals surface area contributed by atoms with E-state index in [1.54, 1.807) is 0 Å². The third kappa shape index (κ3) is 3.55. The number of halogens is 1. The molecule has 100 valence electrons. The molecule has 1 heterocycles. The van der Waals surface area contributed by atoms with E-state index in [0.29, 0.717) is 5.88 Å². The van der Waals surface area contributed by atoms with Gasteiger partial charge in [0.2, 0.25) is 5.88 Å². The molecule has 19 heavy (non-hydrogen) atoms. The first-order valence-corrected chi connectivity index (χ1v) is 6.96. The topological polar surface area (TPSA) is 34.1 Å². The Morgan fingerprint density at radius 3 is 2.63 bits per heavy atom.